The van der Waals surface area contributed by atoms with Gasteiger partial charge >= 0.3 is 0 Å². The number of fused-ring (bicyclic) bond motifs is 3. The zero-order valence-corrected chi connectivity index (χ0v) is 14.5. The van der Waals surface area contributed by atoms with Crippen molar-refractivity contribution in [3.05, 3.63) is 42.0 Å². The molecule has 4 rings (SSSR count). The van der Waals surface area contributed by atoms with Gasteiger partial charge in [0.25, 0.3) is 0 Å². The van der Waals surface area contributed by atoms with E-state index in [4.69, 9.17) is 23.7 Å². The molecule has 0 aromatic heterocycles. The lowest BCUT2D eigenvalue weighted by molar-refractivity contribution is -0.222. The third kappa shape index (κ3) is 3.03. The maximum atomic E-state index is 6.14. The predicted molar refractivity (Wildman–Crippen MR) is 88.0 cm³/mol. The number of benzene rings is 1. The van der Waals surface area contributed by atoms with Gasteiger partial charge in [0.2, 0.25) is 0 Å². The van der Waals surface area contributed by atoms with E-state index in [0.29, 0.717) is 0 Å². The van der Waals surface area contributed by atoms with E-state index < -0.39 is 17.9 Å². The van der Waals surface area contributed by atoms with Crippen LogP contribution in [0.2, 0.25) is 0 Å². The second kappa shape index (κ2) is 5.64. The molecule has 3 aliphatic heterocycles. The molecule has 0 amide bonds. The Morgan fingerprint density at radius 1 is 0.792 bits per heavy atom. The predicted octanol–water partition coefficient (Wildman–Crippen LogP) is 3.10. The SMILES string of the molecule is CC1(C)O[C@H]2[C@@H](O1)[C@@H](/C=C/c1ccccc1)O[C@@H]1OC(C)(C)O[C@@H]12. The van der Waals surface area contributed by atoms with Crippen LogP contribution in [0.3, 0.4) is 0 Å². The smallest absolute Gasteiger partial charge is 0.190 e. The van der Waals surface area contributed by atoms with Crippen molar-refractivity contribution in [3.63, 3.8) is 0 Å². The standard InChI is InChI=1S/C19H24O5/c1-18(2)21-14-13(11-10-12-8-6-5-7-9-12)20-17-16(15(14)22-18)23-19(3,4)24-17/h5-11,13-17H,1-4H3/b11-10+/t13-,14+,15+,16-,17-/m1/s1. The van der Waals surface area contributed by atoms with E-state index in [-0.39, 0.29) is 24.4 Å². The van der Waals surface area contributed by atoms with Crippen LogP contribution >= 0.6 is 0 Å². The highest BCUT2D eigenvalue weighted by Gasteiger charge is 2.60. The molecule has 0 aliphatic carbocycles. The molecule has 3 heterocycles. The molecule has 0 radical (unpaired) electrons. The van der Waals surface area contributed by atoms with Crippen LogP contribution in [0, 0.1) is 0 Å². The molecule has 3 aliphatic rings. The van der Waals surface area contributed by atoms with Crippen LogP contribution in [0.4, 0.5) is 0 Å². The minimum Gasteiger partial charge on any atom is -0.342 e. The quantitative estimate of drug-likeness (QED) is 0.833. The van der Waals surface area contributed by atoms with E-state index in [1.807, 2.05) is 70.2 Å². The van der Waals surface area contributed by atoms with Crippen LogP contribution in [0.25, 0.3) is 6.08 Å². The Hall–Kier alpha value is -1.24. The first kappa shape index (κ1) is 16.2. The van der Waals surface area contributed by atoms with Crippen molar-refractivity contribution in [3.8, 4) is 0 Å². The van der Waals surface area contributed by atoms with E-state index in [1.54, 1.807) is 0 Å². The van der Waals surface area contributed by atoms with Gasteiger partial charge in [0, 0.05) is 0 Å². The molecule has 1 aromatic rings. The van der Waals surface area contributed by atoms with Crippen molar-refractivity contribution in [2.45, 2.75) is 70.0 Å². The normalized spacial score (nSPS) is 39.8. The highest BCUT2D eigenvalue weighted by atomic mass is 16.9. The summed E-state index contributed by atoms with van der Waals surface area (Å²) in [5.74, 6) is -1.35. The number of ether oxygens (including phenoxy) is 5. The fourth-order valence-corrected chi connectivity index (χ4v) is 3.57. The number of rotatable bonds is 2. The van der Waals surface area contributed by atoms with E-state index in [1.165, 1.54) is 0 Å². The maximum absolute atomic E-state index is 6.14. The molecule has 24 heavy (non-hydrogen) atoms. The third-order valence-electron chi connectivity index (χ3n) is 4.47. The van der Waals surface area contributed by atoms with Gasteiger partial charge in [-0.1, -0.05) is 42.5 Å². The summed E-state index contributed by atoms with van der Waals surface area (Å²) in [6.07, 6.45) is 2.62. The van der Waals surface area contributed by atoms with Crippen LogP contribution in [-0.2, 0) is 23.7 Å². The average molecular weight is 332 g/mol. The molecule has 5 heteroatoms. The lowest BCUT2D eigenvalue weighted by atomic mass is 9.98. The Bertz CT molecular complexity index is 624. The molecule has 5 atom stereocenters. The van der Waals surface area contributed by atoms with Crippen LogP contribution < -0.4 is 0 Å². The van der Waals surface area contributed by atoms with Gasteiger partial charge in [-0.3, -0.25) is 0 Å². The molecule has 0 N–H and O–H groups in total. The van der Waals surface area contributed by atoms with E-state index in [9.17, 15) is 0 Å². The summed E-state index contributed by atoms with van der Waals surface area (Å²) in [6.45, 7) is 7.61. The van der Waals surface area contributed by atoms with Gasteiger partial charge < -0.3 is 23.7 Å². The van der Waals surface area contributed by atoms with Crippen molar-refractivity contribution >= 4 is 6.08 Å². The molecule has 0 saturated carbocycles. The minimum atomic E-state index is -0.686. The van der Waals surface area contributed by atoms with Gasteiger partial charge in [-0.15, -0.1) is 0 Å². The Balaban J connectivity index is 1.59. The van der Waals surface area contributed by atoms with Crippen LogP contribution in [0.5, 0.6) is 0 Å². The van der Waals surface area contributed by atoms with Crippen molar-refractivity contribution < 1.29 is 23.7 Å². The lowest BCUT2D eigenvalue weighted by Crippen LogP contribution is -2.54. The molecule has 5 nitrogen and oxygen atoms in total. The summed E-state index contributed by atoms with van der Waals surface area (Å²) in [4.78, 5) is 0. The molecule has 1 aromatic carbocycles. The van der Waals surface area contributed by atoms with Crippen molar-refractivity contribution in [2.24, 2.45) is 0 Å². The second-order valence-corrected chi connectivity index (χ2v) is 7.40. The van der Waals surface area contributed by atoms with Crippen molar-refractivity contribution in [1.29, 1.82) is 0 Å². The second-order valence-electron chi connectivity index (χ2n) is 7.40. The molecule has 130 valence electrons. The first-order valence-corrected chi connectivity index (χ1v) is 8.43. The van der Waals surface area contributed by atoms with Gasteiger partial charge in [0.1, 0.15) is 24.4 Å². The Kier molecular flexibility index (Phi) is 3.82. The Morgan fingerprint density at radius 2 is 1.42 bits per heavy atom. The van der Waals surface area contributed by atoms with Crippen molar-refractivity contribution in [2.75, 3.05) is 0 Å². The number of hydrogen-bond acceptors (Lipinski definition) is 5. The summed E-state index contributed by atoms with van der Waals surface area (Å²) in [6, 6.07) is 10.1. The highest BCUT2D eigenvalue weighted by molar-refractivity contribution is 5.49. The van der Waals surface area contributed by atoms with Crippen LogP contribution in [0.15, 0.2) is 36.4 Å². The molecule has 0 unspecified atom stereocenters. The zero-order chi connectivity index (χ0) is 16.9. The summed E-state index contributed by atoms with van der Waals surface area (Å²) < 4.78 is 30.2. The van der Waals surface area contributed by atoms with Gasteiger partial charge in [-0.2, -0.15) is 0 Å². The van der Waals surface area contributed by atoms with E-state index in [0.717, 1.165) is 5.56 Å². The molecular formula is C19H24O5. The first-order valence-electron chi connectivity index (χ1n) is 8.43. The molecule has 0 spiro atoms. The molecule has 3 fully saturated rings. The molecular weight excluding hydrogens is 308 g/mol. The largest absolute Gasteiger partial charge is 0.342 e. The van der Waals surface area contributed by atoms with Gasteiger partial charge in [-0.05, 0) is 33.3 Å². The highest BCUT2D eigenvalue weighted by Crippen LogP contribution is 2.44. The summed E-state index contributed by atoms with van der Waals surface area (Å²) >= 11 is 0. The van der Waals surface area contributed by atoms with Gasteiger partial charge in [-0.25, -0.2) is 0 Å². The maximum Gasteiger partial charge on any atom is 0.190 e. The fraction of sp³-hybridized carbons (Fsp3) is 0.579. The van der Waals surface area contributed by atoms with Gasteiger partial charge in [0.05, 0.1) is 0 Å². The Morgan fingerprint density at radius 3 is 2.17 bits per heavy atom. The third-order valence-corrected chi connectivity index (χ3v) is 4.47. The molecule has 0 bridgehead atoms. The van der Waals surface area contributed by atoms with Gasteiger partial charge in [0.15, 0.2) is 17.9 Å². The summed E-state index contributed by atoms with van der Waals surface area (Å²) in [5.41, 5.74) is 1.11. The van der Waals surface area contributed by atoms with Crippen LogP contribution in [-0.4, -0.2) is 42.3 Å². The lowest BCUT2D eigenvalue weighted by Gasteiger charge is -2.36. The number of hydrogen-bond donors (Lipinski definition) is 0. The van der Waals surface area contributed by atoms with Crippen LogP contribution in [0.1, 0.15) is 33.3 Å². The average Bonchev–Trinajstić information content (AvgIpc) is 3.00. The monoisotopic (exact) mass is 332 g/mol. The van der Waals surface area contributed by atoms with Crippen molar-refractivity contribution in [1.82, 2.24) is 0 Å². The topological polar surface area (TPSA) is 46.2 Å². The molecule has 3 saturated heterocycles. The summed E-state index contributed by atoms with van der Waals surface area (Å²) in [7, 11) is 0. The van der Waals surface area contributed by atoms with E-state index in [2.05, 4.69) is 0 Å². The fourth-order valence-electron chi connectivity index (χ4n) is 3.57. The first-order chi connectivity index (χ1) is 11.3. The summed E-state index contributed by atoms with van der Waals surface area (Å²) in [5, 5.41) is 0. The Labute approximate surface area is 142 Å². The van der Waals surface area contributed by atoms with E-state index >= 15 is 0 Å². The minimum absolute atomic E-state index is 0.217. The zero-order valence-electron chi connectivity index (χ0n) is 14.5.